The number of hydrogen-bond donors (Lipinski definition) is 17. The highest BCUT2D eigenvalue weighted by Gasteiger charge is 2.58. The quantitative estimate of drug-likeness (QED) is 0.0770. The fourth-order valence-corrected chi connectivity index (χ4v) is 7.37. The van der Waals surface area contributed by atoms with Gasteiger partial charge in [0, 0.05) is 6.92 Å². The van der Waals surface area contributed by atoms with Gasteiger partial charge in [-0.25, -0.2) is 0 Å². The third-order valence-corrected chi connectivity index (χ3v) is 10.7. The first-order valence-corrected chi connectivity index (χ1v) is 18.6. The van der Waals surface area contributed by atoms with Gasteiger partial charge in [-0.2, -0.15) is 0 Å². The van der Waals surface area contributed by atoms with Crippen molar-refractivity contribution in [1.82, 2.24) is 5.32 Å². The number of carbonyl (C=O) groups excluding carboxylic acids is 1. The summed E-state index contributed by atoms with van der Waals surface area (Å²) in [6, 6.07) is -1.69. The predicted molar refractivity (Wildman–Crippen MR) is 178 cm³/mol. The number of carbonyl (C=O) groups is 1. The SMILES string of the molecule is CC(=O)N[C@H]1[C@@H](O[C@@H]2[C@@H](O[C@@H]3[C@@H](OC4C(O)OC(CO)C(O)C4O)O[C@H](CO)[C@@H](O)[C@@H]3O)O[C@H](CO)[C@@H](O)[C@@H]2O[C@H]2O[C@H](CO)[C@@H](O)[C@H](O)[C@@H]2O)O[C@H](CO)[C@@H](O)[C@@H]1O. The third-order valence-electron chi connectivity index (χ3n) is 10.7. The Hall–Kier alpha value is -1.53. The zero-order valence-electron chi connectivity index (χ0n) is 31.2. The van der Waals surface area contributed by atoms with Gasteiger partial charge in [0.05, 0.1) is 33.0 Å². The zero-order chi connectivity index (χ0) is 43.6. The van der Waals surface area contributed by atoms with Crippen molar-refractivity contribution in [2.45, 2.75) is 160 Å². The summed E-state index contributed by atoms with van der Waals surface area (Å²) in [7, 11) is 0. The van der Waals surface area contributed by atoms with E-state index >= 15 is 0 Å². The van der Waals surface area contributed by atoms with E-state index in [1.165, 1.54) is 0 Å². The van der Waals surface area contributed by atoms with Gasteiger partial charge in [-0.05, 0) is 0 Å². The number of aliphatic hydroxyl groups is 16. The second-order valence-electron chi connectivity index (χ2n) is 14.7. The Morgan fingerprint density at radius 3 is 1.31 bits per heavy atom. The molecule has 17 N–H and O–H groups in total. The number of hydrogen-bond acceptors (Lipinski definition) is 26. The van der Waals surface area contributed by atoms with Crippen LogP contribution in [0, 0.1) is 0 Å². The summed E-state index contributed by atoms with van der Waals surface area (Å²) in [5.41, 5.74) is 0. The van der Waals surface area contributed by atoms with Crippen molar-refractivity contribution >= 4 is 5.91 Å². The largest absolute Gasteiger partial charge is 0.394 e. The maximum Gasteiger partial charge on any atom is 0.217 e. The molecule has 5 heterocycles. The molecule has 5 aliphatic rings. The topological polar surface area (TPSA) is 436 Å². The average molecular weight is 870 g/mol. The Morgan fingerprint density at radius 1 is 0.407 bits per heavy atom. The summed E-state index contributed by atoms with van der Waals surface area (Å²) in [5, 5.41) is 170. The maximum atomic E-state index is 12.2. The molecule has 0 aromatic rings. The third kappa shape index (κ3) is 10.2. The van der Waals surface area contributed by atoms with E-state index < -0.39 is 192 Å². The molecule has 0 bridgehead atoms. The fourth-order valence-electron chi connectivity index (χ4n) is 7.37. The zero-order valence-corrected chi connectivity index (χ0v) is 31.2. The molecule has 1 amide bonds. The Bertz CT molecular complexity index is 1320. The Labute approximate surface area is 333 Å². The van der Waals surface area contributed by atoms with Crippen molar-refractivity contribution in [2.24, 2.45) is 0 Å². The minimum absolute atomic E-state index is 0.801. The molecule has 0 aromatic carbocycles. The molecule has 5 aliphatic heterocycles. The maximum absolute atomic E-state index is 12.2. The lowest BCUT2D eigenvalue weighted by molar-refractivity contribution is -0.412. The monoisotopic (exact) mass is 869 g/mol. The van der Waals surface area contributed by atoms with Crippen LogP contribution >= 0.6 is 0 Å². The highest BCUT2D eigenvalue weighted by atomic mass is 16.8. The first-order chi connectivity index (χ1) is 27.9. The molecule has 344 valence electrons. The molecule has 0 radical (unpaired) electrons. The molecule has 5 saturated heterocycles. The van der Waals surface area contributed by atoms with E-state index in [9.17, 15) is 86.5 Å². The molecule has 0 spiro atoms. The normalized spacial score (nSPS) is 51.0. The van der Waals surface area contributed by atoms with E-state index in [2.05, 4.69) is 5.32 Å². The van der Waals surface area contributed by atoms with E-state index in [1.54, 1.807) is 0 Å². The lowest BCUT2D eigenvalue weighted by Gasteiger charge is -2.51. The Kier molecular flexibility index (Phi) is 17.1. The van der Waals surface area contributed by atoms with Gasteiger partial charge in [-0.1, -0.05) is 0 Å². The van der Waals surface area contributed by atoms with E-state index in [4.69, 9.17) is 42.6 Å². The van der Waals surface area contributed by atoms with E-state index in [0.717, 1.165) is 6.92 Å². The predicted octanol–water partition coefficient (Wildman–Crippen LogP) is -11.8. The van der Waals surface area contributed by atoms with Crippen LogP contribution in [0.25, 0.3) is 0 Å². The molecule has 5 fully saturated rings. The number of amides is 1. The molecule has 5 rings (SSSR count). The second-order valence-corrected chi connectivity index (χ2v) is 14.7. The Balaban J connectivity index is 1.55. The van der Waals surface area contributed by atoms with Gasteiger partial charge < -0.3 is 130 Å². The van der Waals surface area contributed by atoms with Gasteiger partial charge in [0.15, 0.2) is 31.5 Å². The van der Waals surface area contributed by atoms with Crippen LogP contribution in [0.4, 0.5) is 0 Å². The summed E-state index contributed by atoms with van der Waals surface area (Å²) in [5.74, 6) is -0.801. The number of ether oxygens (including phenoxy) is 9. The Morgan fingerprint density at radius 2 is 0.780 bits per heavy atom. The molecular weight excluding hydrogens is 814 g/mol. The van der Waals surface area contributed by atoms with Gasteiger partial charge in [0.25, 0.3) is 0 Å². The molecule has 25 atom stereocenters. The van der Waals surface area contributed by atoms with Crippen LogP contribution in [0.2, 0.25) is 0 Å². The van der Waals surface area contributed by atoms with Crippen molar-refractivity contribution in [2.75, 3.05) is 33.0 Å². The summed E-state index contributed by atoms with van der Waals surface area (Å²) in [4.78, 5) is 12.2. The van der Waals surface area contributed by atoms with Crippen LogP contribution in [-0.4, -0.2) is 274 Å². The molecule has 5 unspecified atom stereocenters. The summed E-state index contributed by atoms with van der Waals surface area (Å²) in [6.07, 6.45) is -46.4. The van der Waals surface area contributed by atoms with Gasteiger partial charge in [-0.15, -0.1) is 0 Å². The highest BCUT2D eigenvalue weighted by molar-refractivity contribution is 5.73. The molecular formula is C32H55NO26. The number of rotatable bonds is 14. The standard InChI is InChI=1S/C32H55NO26/c1-7(39)33-13-19(45)14(40)9(3-35)52-29(13)59-27-24(56-30-23(49)20(46)15(41)10(4-36)53-30)18(44)12(6-38)55-32(27)58-26-22(48)17(43)11(5-37)54-31(26)57-25-21(47)16(42)8(2-34)51-28(25)50/h8-32,34-38,40-50H,2-6H2,1H3,(H,33,39)/t8?,9-,10-,11-,12-,13-,14-,15-,16?,17-,18-,19-,20+,21?,22+,23+,24+,25?,26+,27+,28?,29-,30-,31-,32-/m1/s1. The van der Waals surface area contributed by atoms with E-state index in [1.807, 2.05) is 0 Å². The summed E-state index contributed by atoms with van der Waals surface area (Å²) < 4.78 is 51.4. The van der Waals surface area contributed by atoms with Gasteiger partial charge in [-0.3, -0.25) is 4.79 Å². The first kappa shape index (κ1) is 48.5. The van der Waals surface area contributed by atoms with Crippen molar-refractivity contribution in [1.29, 1.82) is 0 Å². The van der Waals surface area contributed by atoms with Gasteiger partial charge >= 0.3 is 0 Å². The van der Waals surface area contributed by atoms with Gasteiger partial charge in [0.2, 0.25) is 5.91 Å². The van der Waals surface area contributed by atoms with Crippen molar-refractivity contribution in [3.63, 3.8) is 0 Å². The summed E-state index contributed by atoms with van der Waals surface area (Å²) in [6.45, 7) is -3.69. The summed E-state index contributed by atoms with van der Waals surface area (Å²) >= 11 is 0. The first-order valence-electron chi connectivity index (χ1n) is 18.6. The van der Waals surface area contributed by atoms with Crippen LogP contribution in [0.3, 0.4) is 0 Å². The van der Waals surface area contributed by atoms with E-state index in [-0.39, 0.29) is 0 Å². The minimum Gasteiger partial charge on any atom is -0.394 e. The molecule has 59 heavy (non-hydrogen) atoms. The number of aliphatic hydroxyl groups excluding tert-OH is 16. The van der Waals surface area contributed by atoms with Crippen molar-refractivity contribution < 1.29 is 129 Å². The van der Waals surface area contributed by atoms with Crippen LogP contribution in [0.15, 0.2) is 0 Å². The van der Waals surface area contributed by atoms with Crippen LogP contribution in [0.5, 0.6) is 0 Å². The lowest BCUT2D eigenvalue weighted by atomic mass is 9.94. The van der Waals surface area contributed by atoms with Crippen molar-refractivity contribution in [3.8, 4) is 0 Å². The number of nitrogens with one attached hydrogen (secondary N) is 1. The highest BCUT2D eigenvalue weighted by Crippen LogP contribution is 2.37. The smallest absolute Gasteiger partial charge is 0.217 e. The molecule has 27 heteroatoms. The molecule has 27 nitrogen and oxygen atoms in total. The van der Waals surface area contributed by atoms with Crippen LogP contribution in [-0.2, 0) is 47.4 Å². The molecule has 0 saturated carbocycles. The second kappa shape index (κ2) is 20.8. The van der Waals surface area contributed by atoms with E-state index in [0.29, 0.717) is 0 Å². The molecule has 0 aliphatic carbocycles. The fraction of sp³-hybridized carbons (Fsp3) is 0.969. The lowest BCUT2D eigenvalue weighted by Crippen LogP contribution is -2.70. The molecule has 0 aromatic heterocycles. The van der Waals surface area contributed by atoms with Crippen molar-refractivity contribution in [3.05, 3.63) is 0 Å². The van der Waals surface area contributed by atoms with Gasteiger partial charge in [0.1, 0.15) is 122 Å². The van der Waals surface area contributed by atoms with Crippen LogP contribution < -0.4 is 5.32 Å². The van der Waals surface area contributed by atoms with Crippen LogP contribution in [0.1, 0.15) is 6.92 Å². The minimum atomic E-state index is -2.17. The average Bonchev–Trinajstić information content (AvgIpc) is 3.21.